The number of rotatable bonds is 7. The number of hydrogen-bond acceptors (Lipinski definition) is 2. The van der Waals surface area contributed by atoms with Crippen molar-refractivity contribution in [3.63, 3.8) is 0 Å². The summed E-state index contributed by atoms with van der Waals surface area (Å²) in [5.74, 6) is -0.661. The minimum atomic E-state index is -0.331. The van der Waals surface area contributed by atoms with E-state index in [1.165, 1.54) is 0 Å². The van der Waals surface area contributed by atoms with Gasteiger partial charge >= 0.3 is 0 Å². The summed E-state index contributed by atoms with van der Waals surface area (Å²) >= 11 is 0. The Morgan fingerprint density at radius 3 is 2.34 bits per heavy atom. The molecule has 3 N–H and O–H groups in total. The molecule has 0 unspecified atom stereocenters. The number of benzene rings is 4. The Balaban J connectivity index is 1.39. The van der Waals surface area contributed by atoms with E-state index in [9.17, 15) is 9.59 Å². The number of aromatic amines is 1. The number of aromatic nitrogens is 1. The Kier molecular flexibility index (Phi) is 6.39. The molecular weight excluding hydrogens is 434 g/mol. The van der Waals surface area contributed by atoms with Crippen molar-refractivity contribution in [1.82, 2.24) is 15.6 Å². The van der Waals surface area contributed by atoms with Gasteiger partial charge < -0.3 is 15.6 Å². The Bertz CT molecular complexity index is 1530. The van der Waals surface area contributed by atoms with E-state index in [0.29, 0.717) is 18.5 Å². The van der Waals surface area contributed by atoms with E-state index in [4.69, 9.17) is 0 Å². The molecule has 0 bridgehead atoms. The standard InChI is InChI=1S/C30H25N3O2/c34-29(22-10-2-1-3-11-22)33-28(19-23-13-8-12-21-9-4-5-14-25(21)23)30(35)31-18-17-24-20-32-27-16-7-6-15-26(24)27/h1-16,19-20,32H,17-18H2,(H,31,35)(H,33,34)/b28-19-. The number of para-hydroxylation sites is 1. The summed E-state index contributed by atoms with van der Waals surface area (Å²) in [6, 6.07) is 30.8. The van der Waals surface area contributed by atoms with Crippen LogP contribution in [-0.2, 0) is 11.2 Å². The molecule has 1 heterocycles. The molecule has 1 aromatic heterocycles. The third kappa shape index (κ3) is 4.99. The van der Waals surface area contributed by atoms with Crippen LogP contribution in [0.2, 0.25) is 0 Å². The largest absolute Gasteiger partial charge is 0.361 e. The number of carbonyl (C=O) groups excluding carboxylic acids is 2. The number of hydrogen-bond donors (Lipinski definition) is 3. The first-order valence-corrected chi connectivity index (χ1v) is 11.6. The maximum Gasteiger partial charge on any atom is 0.267 e. The van der Waals surface area contributed by atoms with Crippen LogP contribution >= 0.6 is 0 Å². The minimum Gasteiger partial charge on any atom is -0.361 e. The van der Waals surface area contributed by atoms with Crippen molar-refractivity contribution in [2.75, 3.05) is 6.54 Å². The molecule has 0 radical (unpaired) electrons. The Labute approximate surface area is 203 Å². The molecule has 0 spiro atoms. The van der Waals surface area contributed by atoms with Gasteiger partial charge in [-0.2, -0.15) is 0 Å². The lowest BCUT2D eigenvalue weighted by Gasteiger charge is -2.12. The van der Waals surface area contributed by atoms with Crippen LogP contribution in [0.15, 0.2) is 109 Å². The maximum absolute atomic E-state index is 13.2. The number of H-pyrrole nitrogens is 1. The highest BCUT2D eigenvalue weighted by Gasteiger charge is 2.15. The maximum atomic E-state index is 13.2. The van der Waals surface area contributed by atoms with Crippen molar-refractivity contribution in [1.29, 1.82) is 0 Å². The molecule has 0 atom stereocenters. The Morgan fingerprint density at radius 1 is 0.771 bits per heavy atom. The lowest BCUT2D eigenvalue weighted by atomic mass is 10.0. The highest BCUT2D eigenvalue weighted by Crippen LogP contribution is 2.21. The summed E-state index contributed by atoms with van der Waals surface area (Å²) < 4.78 is 0. The summed E-state index contributed by atoms with van der Waals surface area (Å²) in [5, 5.41) is 9.01. The zero-order chi connectivity index (χ0) is 24.0. The average molecular weight is 460 g/mol. The van der Waals surface area contributed by atoms with Crippen LogP contribution in [0.4, 0.5) is 0 Å². The number of amides is 2. The number of nitrogens with one attached hydrogen (secondary N) is 3. The fourth-order valence-electron chi connectivity index (χ4n) is 4.22. The predicted octanol–water partition coefficient (Wildman–Crippen LogP) is 5.45. The van der Waals surface area contributed by atoms with Crippen LogP contribution in [0.25, 0.3) is 27.8 Å². The molecule has 35 heavy (non-hydrogen) atoms. The molecule has 5 aromatic rings. The fraction of sp³-hybridized carbons (Fsp3) is 0.0667. The van der Waals surface area contributed by atoms with Crippen molar-refractivity contribution < 1.29 is 9.59 Å². The van der Waals surface area contributed by atoms with Gasteiger partial charge in [-0.15, -0.1) is 0 Å². The quantitative estimate of drug-likeness (QED) is 0.283. The molecule has 4 aromatic carbocycles. The molecular formula is C30H25N3O2. The van der Waals surface area contributed by atoms with Gasteiger partial charge in [0.05, 0.1) is 0 Å². The van der Waals surface area contributed by atoms with Crippen molar-refractivity contribution in [3.8, 4) is 0 Å². The van der Waals surface area contributed by atoms with E-state index < -0.39 is 0 Å². The second kappa shape index (κ2) is 10.1. The van der Waals surface area contributed by atoms with E-state index in [2.05, 4.69) is 21.7 Å². The van der Waals surface area contributed by atoms with Gasteiger partial charge in [0.1, 0.15) is 5.70 Å². The van der Waals surface area contributed by atoms with Gasteiger partial charge in [-0.05, 0) is 52.6 Å². The third-order valence-corrected chi connectivity index (χ3v) is 6.01. The lowest BCUT2D eigenvalue weighted by molar-refractivity contribution is -0.117. The average Bonchev–Trinajstić information content (AvgIpc) is 3.32. The van der Waals surface area contributed by atoms with Gasteiger partial charge in [0.15, 0.2) is 0 Å². The van der Waals surface area contributed by atoms with Crippen LogP contribution in [0.3, 0.4) is 0 Å². The van der Waals surface area contributed by atoms with E-state index in [0.717, 1.165) is 32.8 Å². The first-order valence-electron chi connectivity index (χ1n) is 11.6. The summed E-state index contributed by atoms with van der Waals surface area (Å²) in [7, 11) is 0. The highest BCUT2D eigenvalue weighted by atomic mass is 16.2. The van der Waals surface area contributed by atoms with Crippen LogP contribution in [0.1, 0.15) is 21.5 Å². The van der Waals surface area contributed by atoms with Crippen LogP contribution in [0, 0.1) is 0 Å². The molecule has 0 saturated carbocycles. The Hall–Kier alpha value is -4.64. The van der Waals surface area contributed by atoms with E-state index in [-0.39, 0.29) is 17.5 Å². The van der Waals surface area contributed by atoms with Gasteiger partial charge in [-0.25, -0.2) is 0 Å². The molecule has 0 aliphatic carbocycles. The van der Waals surface area contributed by atoms with Crippen molar-refractivity contribution in [3.05, 3.63) is 126 Å². The van der Waals surface area contributed by atoms with E-state index >= 15 is 0 Å². The smallest absolute Gasteiger partial charge is 0.267 e. The van der Waals surface area contributed by atoms with Crippen molar-refractivity contribution in [2.24, 2.45) is 0 Å². The van der Waals surface area contributed by atoms with E-state index in [1.807, 2.05) is 72.9 Å². The second-order valence-corrected chi connectivity index (χ2v) is 8.31. The second-order valence-electron chi connectivity index (χ2n) is 8.31. The van der Waals surface area contributed by atoms with Crippen LogP contribution in [0.5, 0.6) is 0 Å². The molecule has 0 saturated heterocycles. The number of fused-ring (bicyclic) bond motifs is 2. The topological polar surface area (TPSA) is 74.0 Å². The third-order valence-electron chi connectivity index (χ3n) is 6.01. The Morgan fingerprint density at radius 2 is 1.49 bits per heavy atom. The highest BCUT2D eigenvalue weighted by molar-refractivity contribution is 6.06. The lowest BCUT2D eigenvalue weighted by Crippen LogP contribution is -2.35. The first-order chi connectivity index (χ1) is 17.2. The summed E-state index contributed by atoms with van der Waals surface area (Å²) in [4.78, 5) is 29.4. The summed E-state index contributed by atoms with van der Waals surface area (Å²) in [6.45, 7) is 0.439. The molecule has 5 nitrogen and oxygen atoms in total. The van der Waals surface area contributed by atoms with Crippen LogP contribution < -0.4 is 10.6 Å². The molecule has 0 aliphatic heterocycles. The molecule has 172 valence electrons. The molecule has 2 amide bonds. The zero-order valence-electron chi connectivity index (χ0n) is 19.1. The van der Waals surface area contributed by atoms with Crippen molar-refractivity contribution in [2.45, 2.75) is 6.42 Å². The van der Waals surface area contributed by atoms with Gasteiger partial charge in [0.2, 0.25) is 0 Å². The van der Waals surface area contributed by atoms with Crippen LogP contribution in [-0.4, -0.2) is 23.3 Å². The summed E-state index contributed by atoms with van der Waals surface area (Å²) in [6.07, 6.45) is 4.38. The van der Waals surface area contributed by atoms with Gasteiger partial charge in [-0.1, -0.05) is 78.9 Å². The van der Waals surface area contributed by atoms with Crippen molar-refractivity contribution >= 4 is 39.6 Å². The monoisotopic (exact) mass is 459 g/mol. The van der Waals surface area contributed by atoms with Gasteiger partial charge in [0.25, 0.3) is 11.8 Å². The SMILES string of the molecule is O=C(NCCc1c[nH]c2ccccc12)/C(=C/c1cccc2ccccc12)NC(=O)c1ccccc1. The normalized spacial score (nSPS) is 11.5. The number of carbonyl (C=O) groups is 2. The van der Waals surface area contributed by atoms with Gasteiger partial charge in [-0.3, -0.25) is 9.59 Å². The zero-order valence-corrected chi connectivity index (χ0v) is 19.1. The minimum absolute atomic E-state index is 0.203. The predicted molar refractivity (Wildman–Crippen MR) is 141 cm³/mol. The molecule has 0 fully saturated rings. The fourth-order valence-corrected chi connectivity index (χ4v) is 4.22. The summed E-state index contributed by atoms with van der Waals surface area (Å²) in [5.41, 5.74) is 3.75. The molecule has 0 aliphatic rings. The van der Waals surface area contributed by atoms with E-state index in [1.54, 1.807) is 30.3 Å². The van der Waals surface area contributed by atoms with Gasteiger partial charge in [0, 0.05) is 29.2 Å². The first kappa shape index (κ1) is 22.2. The molecule has 5 rings (SSSR count). The molecule has 5 heteroatoms.